The van der Waals surface area contributed by atoms with Crippen LogP contribution in [-0.2, 0) is 4.79 Å². The van der Waals surface area contributed by atoms with Crippen LogP contribution in [-0.4, -0.2) is 61.0 Å². The highest BCUT2D eigenvalue weighted by Gasteiger charge is 2.33. The van der Waals surface area contributed by atoms with E-state index in [4.69, 9.17) is 11.6 Å². The molecule has 3 N–H and O–H groups in total. The third-order valence-electron chi connectivity index (χ3n) is 7.23. The van der Waals surface area contributed by atoms with E-state index in [2.05, 4.69) is 71.1 Å². The molecule has 6 nitrogen and oxygen atoms in total. The zero-order valence-electron chi connectivity index (χ0n) is 21.6. The normalized spacial score (nSPS) is 27.7. The van der Waals surface area contributed by atoms with Crippen molar-refractivity contribution in [2.24, 2.45) is 17.8 Å². The summed E-state index contributed by atoms with van der Waals surface area (Å²) in [5.41, 5.74) is 0.556. The first-order valence-electron chi connectivity index (χ1n) is 13.1. The van der Waals surface area contributed by atoms with Crippen LogP contribution in [0.5, 0.6) is 0 Å². The number of nitrogens with one attached hydrogen (secondary N) is 3. The van der Waals surface area contributed by atoms with Gasteiger partial charge in [-0.05, 0) is 97.2 Å². The van der Waals surface area contributed by atoms with Crippen LogP contribution in [0.15, 0.2) is 18.2 Å². The Morgan fingerprint density at radius 3 is 2.60 bits per heavy atom. The van der Waals surface area contributed by atoms with Crippen molar-refractivity contribution < 1.29 is 9.59 Å². The fourth-order valence-corrected chi connectivity index (χ4v) is 6.19. The second-order valence-electron chi connectivity index (χ2n) is 11.0. The third-order valence-corrected chi connectivity index (χ3v) is 8.80. The summed E-state index contributed by atoms with van der Waals surface area (Å²) in [6.45, 7) is 11.8. The van der Waals surface area contributed by atoms with Gasteiger partial charge < -0.3 is 20.9 Å². The minimum Gasteiger partial charge on any atom is -0.350 e. The van der Waals surface area contributed by atoms with Gasteiger partial charge in [-0.1, -0.05) is 39.3 Å². The maximum absolute atomic E-state index is 13.6. The Labute approximate surface area is 229 Å². The molecule has 2 amide bonds. The van der Waals surface area contributed by atoms with Crippen molar-refractivity contribution >= 4 is 46.0 Å². The highest BCUT2D eigenvalue weighted by atomic mass is 127. The first-order chi connectivity index (χ1) is 16.6. The lowest BCUT2D eigenvalue weighted by molar-refractivity contribution is -0.133. The lowest BCUT2D eigenvalue weighted by Crippen LogP contribution is -2.50. The van der Waals surface area contributed by atoms with Crippen molar-refractivity contribution in [1.29, 1.82) is 0 Å². The van der Waals surface area contributed by atoms with Gasteiger partial charge in [0.05, 0.1) is 11.1 Å². The lowest BCUT2D eigenvalue weighted by Gasteiger charge is -2.35. The number of halogens is 2. The van der Waals surface area contributed by atoms with Gasteiger partial charge in [-0.3, -0.25) is 9.59 Å². The van der Waals surface area contributed by atoms with E-state index in [0.29, 0.717) is 29.1 Å². The molecule has 1 aromatic rings. The van der Waals surface area contributed by atoms with Crippen molar-refractivity contribution in [2.45, 2.75) is 77.9 Å². The summed E-state index contributed by atoms with van der Waals surface area (Å²) >= 11 is 8.35. The SMILES string of the molecule is CC1CC(C)CC(CN2CC[C@@H](CNC(=O)c3ccc(I)c(Cl)c3)N[C@@H](CCNC(C)C)C2=O)C1. The standard InChI is InChI=1S/C27H42ClIN4O2/c1-17(2)30-9-7-25-27(35)33(16-20-12-18(3)11-19(4)13-20)10-8-22(32-25)15-31-26(34)21-5-6-24(29)23(28)14-21/h5-6,14,17-20,22,25,30,32H,7-13,15-16H2,1-4H3,(H,31,34)/t18?,19?,20?,22-,25-/m0/s1. The van der Waals surface area contributed by atoms with Crippen LogP contribution >= 0.6 is 34.2 Å². The second-order valence-corrected chi connectivity index (χ2v) is 12.6. The molecule has 2 fully saturated rings. The van der Waals surface area contributed by atoms with Gasteiger partial charge >= 0.3 is 0 Å². The fraction of sp³-hybridized carbons (Fsp3) is 0.704. The third kappa shape index (κ3) is 8.86. The number of rotatable bonds is 9. The van der Waals surface area contributed by atoms with E-state index >= 15 is 0 Å². The Morgan fingerprint density at radius 1 is 1.23 bits per heavy atom. The molecule has 1 aliphatic carbocycles. The smallest absolute Gasteiger partial charge is 0.251 e. The van der Waals surface area contributed by atoms with Gasteiger partial charge in [0.2, 0.25) is 5.91 Å². The minimum atomic E-state index is -0.239. The van der Waals surface area contributed by atoms with E-state index in [9.17, 15) is 9.59 Å². The van der Waals surface area contributed by atoms with Crippen LogP contribution < -0.4 is 16.0 Å². The molecule has 0 radical (unpaired) electrons. The first-order valence-corrected chi connectivity index (χ1v) is 14.6. The first kappa shape index (κ1) is 28.7. The topological polar surface area (TPSA) is 73.5 Å². The number of nitrogens with zero attached hydrogens (tertiary/aromatic N) is 1. The largest absolute Gasteiger partial charge is 0.350 e. The van der Waals surface area contributed by atoms with Crippen LogP contribution in [0.3, 0.4) is 0 Å². The van der Waals surface area contributed by atoms with Crippen LogP contribution in [0.4, 0.5) is 0 Å². The molecule has 2 unspecified atom stereocenters. The van der Waals surface area contributed by atoms with Gasteiger partial charge in [0.15, 0.2) is 0 Å². The average Bonchev–Trinajstić information content (AvgIpc) is 2.92. The van der Waals surface area contributed by atoms with Gasteiger partial charge in [0, 0.05) is 40.9 Å². The van der Waals surface area contributed by atoms with Gasteiger partial charge in [0.25, 0.3) is 5.91 Å². The maximum atomic E-state index is 13.6. The lowest BCUT2D eigenvalue weighted by atomic mass is 9.76. The summed E-state index contributed by atoms with van der Waals surface area (Å²) in [5.74, 6) is 2.11. The van der Waals surface area contributed by atoms with E-state index in [1.807, 2.05) is 6.07 Å². The van der Waals surface area contributed by atoms with Crippen molar-refractivity contribution in [2.75, 3.05) is 26.2 Å². The summed E-state index contributed by atoms with van der Waals surface area (Å²) in [6.07, 6.45) is 5.27. The summed E-state index contributed by atoms with van der Waals surface area (Å²) in [5, 5.41) is 10.7. The molecule has 1 saturated heterocycles. The summed E-state index contributed by atoms with van der Waals surface area (Å²) in [6, 6.07) is 5.53. The molecule has 8 heteroatoms. The van der Waals surface area contributed by atoms with Gasteiger partial charge in [-0.2, -0.15) is 0 Å². The molecule has 3 rings (SSSR count). The fourth-order valence-electron chi connectivity index (χ4n) is 5.68. The van der Waals surface area contributed by atoms with Crippen LogP contribution in [0.2, 0.25) is 5.02 Å². The Morgan fingerprint density at radius 2 is 1.94 bits per heavy atom. The molecule has 2 aliphatic rings. The second kappa shape index (κ2) is 13.6. The summed E-state index contributed by atoms with van der Waals surface area (Å²) in [4.78, 5) is 28.4. The van der Waals surface area contributed by atoms with Crippen LogP contribution in [0, 0.1) is 21.3 Å². The molecular weight excluding hydrogens is 575 g/mol. The van der Waals surface area contributed by atoms with Crippen molar-refractivity contribution in [3.05, 3.63) is 32.4 Å². The number of amides is 2. The molecule has 1 saturated carbocycles. The van der Waals surface area contributed by atoms with Gasteiger partial charge in [-0.25, -0.2) is 0 Å². The Kier molecular flexibility index (Phi) is 11.1. The highest BCUT2D eigenvalue weighted by molar-refractivity contribution is 14.1. The highest BCUT2D eigenvalue weighted by Crippen LogP contribution is 2.33. The number of carbonyl (C=O) groups is 2. The molecule has 1 aliphatic heterocycles. The molecule has 35 heavy (non-hydrogen) atoms. The van der Waals surface area contributed by atoms with Crippen molar-refractivity contribution in [1.82, 2.24) is 20.9 Å². The van der Waals surface area contributed by atoms with Crippen molar-refractivity contribution in [3.8, 4) is 0 Å². The predicted octanol–water partition coefficient (Wildman–Crippen LogP) is 4.69. The molecule has 1 heterocycles. The molecular formula is C27H42ClIN4O2. The Balaban J connectivity index is 1.63. The van der Waals surface area contributed by atoms with Crippen LogP contribution in [0.1, 0.15) is 70.2 Å². The predicted molar refractivity (Wildman–Crippen MR) is 152 cm³/mol. The summed E-state index contributed by atoms with van der Waals surface area (Å²) < 4.78 is 0.921. The van der Waals surface area contributed by atoms with E-state index < -0.39 is 0 Å². The van der Waals surface area contributed by atoms with Crippen molar-refractivity contribution in [3.63, 3.8) is 0 Å². The Hall–Kier alpha value is -0.900. The minimum absolute atomic E-state index is 0.0421. The quantitative estimate of drug-likeness (QED) is 0.352. The monoisotopic (exact) mass is 616 g/mol. The molecule has 196 valence electrons. The molecule has 4 atom stereocenters. The Bertz CT molecular complexity index is 858. The zero-order valence-corrected chi connectivity index (χ0v) is 24.5. The number of benzene rings is 1. The average molecular weight is 617 g/mol. The summed E-state index contributed by atoms with van der Waals surface area (Å²) in [7, 11) is 0. The number of hydrogen-bond acceptors (Lipinski definition) is 4. The molecule has 0 bridgehead atoms. The molecule has 1 aromatic carbocycles. The molecule has 0 aromatic heterocycles. The maximum Gasteiger partial charge on any atom is 0.251 e. The molecule has 0 spiro atoms. The van der Waals surface area contributed by atoms with E-state index in [-0.39, 0.29) is 23.9 Å². The van der Waals surface area contributed by atoms with Crippen LogP contribution in [0.25, 0.3) is 0 Å². The number of hydrogen-bond donors (Lipinski definition) is 3. The van der Waals surface area contributed by atoms with E-state index in [1.54, 1.807) is 12.1 Å². The van der Waals surface area contributed by atoms with E-state index in [1.165, 1.54) is 19.3 Å². The van der Waals surface area contributed by atoms with E-state index in [0.717, 1.165) is 47.9 Å². The van der Waals surface area contributed by atoms with Gasteiger partial charge in [-0.15, -0.1) is 0 Å². The zero-order chi connectivity index (χ0) is 25.5. The van der Waals surface area contributed by atoms with Gasteiger partial charge in [0.1, 0.15) is 0 Å². The number of carbonyl (C=O) groups excluding carboxylic acids is 2.